The third-order valence-corrected chi connectivity index (χ3v) is 2.82. The van der Waals surface area contributed by atoms with Gasteiger partial charge in [-0.05, 0) is 28.3 Å². The summed E-state index contributed by atoms with van der Waals surface area (Å²) < 4.78 is 5.72. The summed E-state index contributed by atoms with van der Waals surface area (Å²) in [6.07, 6.45) is 1.27. The van der Waals surface area contributed by atoms with Crippen LogP contribution >= 0.6 is 15.9 Å². The average Bonchev–Trinajstić information content (AvgIpc) is 2.31. The molecule has 3 nitrogen and oxygen atoms in total. The molecule has 0 radical (unpaired) electrons. The number of hydrogen-bond donors (Lipinski definition) is 1. The predicted molar refractivity (Wildman–Crippen MR) is 46.6 cm³/mol. The normalized spacial score (nSPS) is 28.6. The molecule has 1 aliphatic carbocycles. The van der Waals surface area contributed by atoms with Crippen molar-refractivity contribution < 1.29 is 9.63 Å². The highest BCUT2D eigenvalue weighted by molar-refractivity contribution is 9.10. The molecule has 1 aromatic rings. The molecule has 0 bridgehead atoms. The number of aliphatic hydroxyl groups excluding tert-OH is 1. The summed E-state index contributed by atoms with van der Waals surface area (Å²) in [6.45, 7) is 2.10. The van der Waals surface area contributed by atoms with Crippen LogP contribution in [-0.2, 0) is 6.42 Å². The quantitative estimate of drug-likeness (QED) is 0.744. The third-order valence-electron chi connectivity index (χ3n) is 2.25. The molecule has 1 aliphatic rings. The van der Waals surface area contributed by atoms with Crippen molar-refractivity contribution in [1.82, 2.24) is 5.16 Å². The van der Waals surface area contributed by atoms with Crippen molar-refractivity contribution in [3.8, 4) is 0 Å². The second-order valence-electron chi connectivity index (χ2n) is 3.37. The van der Waals surface area contributed by atoms with E-state index in [1.807, 2.05) is 0 Å². The van der Waals surface area contributed by atoms with Gasteiger partial charge in [-0.25, -0.2) is 0 Å². The Morgan fingerprint density at radius 2 is 2.42 bits per heavy atom. The molecule has 4 heteroatoms. The minimum Gasteiger partial charge on any atom is -0.388 e. The van der Waals surface area contributed by atoms with Crippen LogP contribution in [0.2, 0.25) is 0 Å². The fraction of sp³-hybridized carbons (Fsp3) is 0.625. The van der Waals surface area contributed by atoms with Crippen molar-refractivity contribution in [2.45, 2.75) is 25.9 Å². The van der Waals surface area contributed by atoms with Gasteiger partial charge in [0.2, 0.25) is 0 Å². The van der Waals surface area contributed by atoms with Crippen LogP contribution in [0.5, 0.6) is 0 Å². The molecule has 66 valence electrons. The van der Waals surface area contributed by atoms with Gasteiger partial charge in [-0.15, -0.1) is 0 Å². The van der Waals surface area contributed by atoms with Gasteiger partial charge in [-0.1, -0.05) is 12.1 Å². The van der Waals surface area contributed by atoms with Crippen LogP contribution in [0.15, 0.2) is 9.13 Å². The number of fused-ring (bicyclic) bond motifs is 1. The Morgan fingerprint density at radius 3 is 3.17 bits per heavy atom. The number of rotatable bonds is 0. The number of hydrogen-bond acceptors (Lipinski definition) is 3. The topological polar surface area (TPSA) is 46.3 Å². The van der Waals surface area contributed by atoms with Crippen LogP contribution in [0, 0.1) is 5.92 Å². The summed E-state index contributed by atoms with van der Waals surface area (Å²) in [7, 11) is 0. The molecule has 0 fully saturated rings. The van der Waals surface area contributed by atoms with Crippen molar-refractivity contribution in [2.75, 3.05) is 0 Å². The van der Waals surface area contributed by atoms with Gasteiger partial charge in [0, 0.05) is 6.42 Å². The number of nitrogens with zero attached hydrogens (tertiary/aromatic N) is 1. The van der Waals surface area contributed by atoms with E-state index in [1.165, 1.54) is 0 Å². The molecule has 0 aliphatic heterocycles. The highest BCUT2D eigenvalue weighted by atomic mass is 79.9. The molecule has 1 heterocycles. The maximum absolute atomic E-state index is 9.67. The molecule has 2 rings (SSSR count). The van der Waals surface area contributed by atoms with Gasteiger partial charge in [0.05, 0.1) is 11.7 Å². The SMILES string of the molecule is CC1Cc2onc(Br)c2C(O)C1. The highest BCUT2D eigenvalue weighted by Gasteiger charge is 2.29. The van der Waals surface area contributed by atoms with Gasteiger partial charge in [0.25, 0.3) is 0 Å². The Bertz CT molecular complexity index is 297. The maximum atomic E-state index is 9.67. The predicted octanol–water partition coefficient (Wildman–Crippen LogP) is 2.05. The van der Waals surface area contributed by atoms with Gasteiger partial charge < -0.3 is 9.63 Å². The molecule has 0 spiro atoms. The zero-order valence-electron chi connectivity index (χ0n) is 6.75. The van der Waals surface area contributed by atoms with E-state index in [0.717, 1.165) is 24.2 Å². The van der Waals surface area contributed by atoms with Gasteiger partial charge >= 0.3 is 0 Å². The number of aliphatic hydroxyl groups is 1. The van der Waals surface area contributed by atoms with Gasteiger partial charge in [0.15, 0.2) is 4.60 Å². The van der Waals surface area contributed by atoms with E-state index in [-0.39, 0.29) is 0 Å². The lowest BCUT2D eigenvalue weighted by molar-refractivity contribution is 0.130. The Balaban J connectivity index is 2.43. The van der Waals surface area contributed by atoms with Gasteiger partial charge in [-0.2, -0.15) is 0 Å². The third kappa shape index (κ3) is 1.19. The van der Waals surface area contributed by atoms with E-state index in [2.05, 4.69) is 28.0 Å². The highest BCUT2D eigenvalue weighted by Crippen LogP contribution is 2.36. The van der Waals surface area contributed by atoms with E-state index >= 15 is 0 Å². The molecule has 2 unspecified atom stereocenters. The molecule has 1 N–H and O–H groups in total. The second-order valence-corrected chi connectivity index (χ2v) is 4.12. The van der Waals surface area contributed by atoms with Crippen LogP contribution in [0.25, 0.3) is 0 Å². The second kappa shape index (κ2) is 2.85. The molecule has 0 saturated carbocycles. The minimum absolute atomic E-state index is 0.413. The van der Waals surface area contributed by atoms with Crippen molar-refractivity contribution in [2.24, 2.45) is 5.92 Å². The summed E-state index contributed by atoms with van der Waals surface area (Å²) in [5.74, 6) is 1.31. The van der Waals surface area contributed by atoms with Crippen LogP contribution in [-0.4, -0.2) is 10.3 Å². The lowest BCUT2D eigenvalue weighted by Gasteiger charge is -2.21. The zero-order chi connectivity index (χ0) is 8.72. The molecule has 1 aromatic heterocycles. The average molecular weight is 232 g/mol. The number of halogens is 1. The first kappa shape index (κ1) is 8.26. The summed E-state index contributed by atoms with van der Waals surface area (Å²) in [5.41, 5.74) is 0.841. The molecule has 0 aromatic carbocycles. The van der Waals surface area contributed by atoms with Crippen LogP contribution < -0.4 is 0 Å². The van der Waals surface area contributed by atoms with Crippen LogP contribution in [0.4, 0.5) is 0 Å². The molecular formula is C8H10BrNO2. The van der Waals surface area contributed by atoms with Crippen molar-refractivity contribution >= 4 is 15.9 Å². The standard InChI is InChI=1S/C8H10BrNO2/c1-4-2-5(11)7-6(3-4)12-10-8(7)9/h4-5,11H,2-3H2,1H3. The van der Waals surface area contributed by atoms with E-state index in [9.17, 15) is 5.11 Å². The Hall–Kier alpha value is -0.350. The fourth-order valence-electron chi connectivity index (χ4n) is 1.68. The monoisotopic (exact) mass is 231 g/mol. The van der Waals surface area contributed by atoms with E-state index < -0.39 is 6.10 Å². The fourth-order valence-corrected chi connectivity index (χ4v) is 2.24. The summed E-state index contributed by atoms with van der Waals surface area (Å²) in [5, 5.41) is 13.4. The van der Waals surface area contributed by atoms with Crippen LogP contribution in [0.1, 0.15) is 30.8 Å². The van der Waals surface area contributed by atoms with E-state index in [1.54, 1.807) is 0 Å². The Labute approximate surface area is 78.9 Å². The first-order valence-electron chi connectivity index (χ1n) is 4.00. The number of aromatic nitrogens is 1. The van der Waals surface area contributed by atoms with Gasteiger partial charge in [0.1, 0.15) is 5.76 Å². The van der Waals surface area contributed by atoms with Gasteiger partial charge in [-0.3, -0.25) is 0 Å². The minimum atomic E-state index is -0.413. The smallest absolute Gasteiger partial charge is 0.155 e. The first-order chi connectivity index (χ1) is 5.68. The molecule has 12 heavy (non-hydrogen) atoms. The van der Waals surface area contributed by atoms with Crippen molar-refractivity contribution in [1.29, 1.82) is 0 Å². The largest absolute Gasteiger partial charge is 0.388 e. The molecule has 0 saturated heterocycles. The first-order valence-corrected chi connectivity index (χ1v) is 4.79. The summed E-state index contributed by atoms with van der Waals surface area (Å²) in [4.78, 5) is 0. The lowest BCUT2D eigenvalue weighted by Crippen LogP contribution is -2.14. The van der Waals surface area contributed by atoms with Crippen molar-refractivity contribution in [3.05, 3.63) is 15.9 Å². The summed E-state index contributed by atoms with van der Waals surface area (Å²) >= 11 is 3.25. The van der Waals surface area contributed by atoms with E-state index in [0.29, 0.717) is 10.5 Å². The van der Waals surface area contributed by atoms with Crippen LogP contribution in [0.3, 0.4) is 0 Å². The zero-order valence-corrected chi connectivity index (χ0v) is 8.34. The Morgan fingerprint density at radius 1 is 1.67 bits per heavy atom. The lowest BCUT2D eigenvalue weighted by atomic mass is 9.88. The van der Waals surface area contributed by atoms with E-state index in [4.69, 9.17) is 4.52 Å². The van der Waals surface area contributed by atoms with Crippen molar-refractivity contribution in [3.63, 3.8) is 0 Å². The summed E-state index contributed by atoms with van der Waals surface area (Å²) in [6, 6.07) is 0. The maximum Gasteiger partial charge on any atom is 0.155 e. The molecule has 2 atom stereocenters. The molecule has 0 amide bonds. The molecular weight excluding hydrogens is 222 g/mol. The Kier molecular flexibility index (Phi) is 1.96.